The highest BCUT2D eigenvalue weighted by Crippen LogP contribution is 2.27. The Morgan fingerprint density at radius 1 is 1.42 bits per heavy atom. The van der Waals surface area contributed by atoms with Crippen LogP contribution in [0.25, 0.3) is 0 Å². The van der Waals surface area contributed by atoms with Crippen LogP contribution >= 0.6 is 11.3 Å². The zero-order valence-corrected chi connectivity index (χ0v) is 12.2. The van der Waals surface area contributed by atoms with Crippen molar-refractivity contribution in [1.29, 1.82) is 0 Å². The number of hydrogen-bond acceptors (Lipinski definition) is 5. The minimum Gasteiger partial charge on any atom is -0.391 e. The summed E-state index contributed by atoms with van der Waals surface area (Å²) in [6.07, 6.45) is 5.61. The molecule has 5 heteroatoms. The lowest BCUT2D eigenvalue weighted by molar-refractivity contribution is 0.284. The van der Waals surface area contributed by atoms with Crippen LogP contribution in [0.4, 0.5) is 5.13 Å². The van der Waals surface area contributed by atoms with E-state index in [1.54, 1.807) is 17.5 Å². The molecule has 19 heavy (non-hydrogen) atoms. The minimum atomic E-state index is 0.0771. The molecule has 102 valence electrons. The number of nitrogens with zero attached hydrogens (tertiary/aromatic N) is 3. The Hall–Kier alpha value is -1.46. The van der Waals surface area contributed by atoms with Crippen molar-refractivity contribution < 1.29 is 5.11 Å². The molecule has 0 atom stereocenters. The highest BCUT2D eigenvalue weighted by Gasteiger charge is 2.13. The quantitative estimate of drug-likeness (QED) is 0.882. The molecule has 0 amide bonds. The molecule has 2 aromatic rings. The normalized spacial score (nSPS) is 10.7. The molecule has 0 radical (unpaired) electrons. The molecule has 2 aromatic heterocycles. The predicted octanol–water partition coefficient (Wildman–Crippen LogP) is 2.62. The van der Waals surface area contributed by atoms with E-state index in [4.69, 9.17) is 0 Å². The maximum atomic E-state index is 9.37. The monoisotopic (exact) mass is 277 g/mol. The first-order valence-corrected chi connectivity index (χ1v) is 7.25. The Balaban J connectivity index is 2.12. The summed E-state index contributed by atoms with van der Waals surface area (Å²) in [6, 6.07) is 3.99. The molecule has 2 heterocycles. The van der Waals surface area contributed by atoms with Crippen LogP contribution in [0.5, 0.6) is 0 Å². The number of hydrogen-bond donors (Lipinski definition) is 1. The van der Waals surface area contributed by atoms with Crippen LogP contribution in [0.2, 0.25) is 0 Å². The van der Waals surface area contributed by atoms with E-state index in [2.05, 4.69) is 27.9 Å². The van der Waals surface area contributed by atoms with Gasteiger partial charge in [0.25, 0.3) is 0 Å². The van der Waals surface area contributed by atoms with Crippen molar-refractivity contribution in [2.45, 2.75) is 32.9 Å². The van der Waals surface area contributed by atoms with E-state index in [0.717, 1.165) is 40.7 Å². The van der Waals surface area contributed by atoms with Crippen LogP contribution in [0.15, 0.2) is 24.5 Å². The van der Waals surface area contributed by atoms with E-state index in [1.165, 1.54) is 0 Å². The summed E-state index contributed by atoms with van der Waals surface area (Å²) in [5.41, 5.74) is 2.19. The number of aliphatic hydroxyl groups excluding tert-OH is 1. The zero-order chi connectivity index (χ0) is 13.7. The first-order chi connectivity index (χ1) is 9.24. The number of rotatable bonds is 6. The highest BCUT2D eigenvalue weighted by atomic mass is 32.1. The minimum absolute atomic E-state index is 0.0771. The first-order valence-electron chi connectivity index (χ1n) is 6.44. The van der Waals surface area contributed by atoms with Gasteiger partial charge in [-0.2, -0.15) is 0 Å². The number of aromatic nitrogens is 2. The molecule has 4 nitrogen and oxygen atoms in total. The molecule has 1 N–H and O–H groups in total. The lowest BCUT2D eigenvalue weighted by atomic mass is 10.2. The van der Waals surface area contributed by atoms with Crippen LogP contribution in [0.3, 0.4) is 0 Å². The summed E-state index contributed by atoms with van der Waals surface area (Å²) in [7, 11) is 2.02. The van der Waals surface area contributed by atoms with Gasteiger partial charge in [0.2, 0.25) is 0 Å². The van der Waals surface area contributed by atoms with Gasteiger partial charge in [-0.05, 0) is 18.1 Å². The van der Waals surface area contributed by atoms with Crippen LogP contribution in [0.1, 0.15) is 29.5 Å². The average Bonchev–Trinajstić information content (AvgIpc) is 2.83. The van der Waals surface area contributed by atoms with Crippen LogP contribution in [-0.2, 0) is 19.6 Å². The van der Waals surface area contributed by atoms with Crippen molar-refractivity contribution in [3.05, 3.63) is 40.7 Å². The van der Waals surface area contributed by atoms with Crippen LogP contribution in [0, 0.1) is 0 Å². The SMILES string of the molecule is CCCc1nc(N(C)Cc2cccnc2)sc1CO. The second-order valence-electron chi connectivity index (χ2n) is 4.49. The fourth-order valence-electron chi connectivity index (χ4n) is 1.92. The van der Waals surface area contributed by atoms with Crippen LogP contribution in [-0.4, -0.2) is 22.1 Å². The zero-order valence-electron chi connectivity index (χ0n) is 11.3. The number of pyridine rings is 1. The lowest BCUT2D eigenvalue weighted by Gasteiger charge is -2.15. The van der Waals surface area contributed by atoms with Gasteiger partial charge in [0, 0.05) is 26.0 Å². The third-order valence-corrected chi connectivity index (χ3v) is 4.06. The Bertz CT molecular complexity index is 513. The van der Waals surface area contributed by atoms with Crippen LogP contribution < -0.4 is 4.90 Å². The molecule has 0 fully saturated rings. The fraction of sp³-hybridized carbons (Fsp3) is 0.429. The second-order valence-corrected chi connectivity index (χ2v) is 5.55. The van der Waals surface area contributed by atoms with E-state index < -0.39 is 0 Å². The predicted molar refractivity (Wildman–Crippen MR) is 78.4 cm³/mol. The van der Waals surface area contributed by atoms with Crippen molar-refractivity contribution in [2.24, 2.45) is 0 Å². The van der Waals surface area contributed by atoms with Crippen molar-refractivity contribution in [1.82, 2.24) is 9.97 Å². The standard InChI is InChI=1S/C14H19N3OS/c1-3-5-12-13(10-18)19-14(16-12)17(2)9-11-6-4-7-15-8-11/h4,6-8,18H,3,5,9-10H2,1-2H3. The highest BCUT2D eigenvalue weighted by molar-refractivity contribution is 7.15. The second kappa shape index (κ2) is 6.63. The molecule has 2 rings (SSSR count). The van der Waals surface area contributed by atoms with Gasteiger partial charge in [0.15, 0.2) is 5.13 Å². The number of aryl methyl sites for hydroxylation is 1. The third-order valence-electron chi connectivity index (χ3n) is 2.87. The molecule has 0 aliphatic carbocycles. The Labute approximate surface area is 117 Å². The maximum Gasteiger partial charge on any atom is 0.185 e. The van der Waals surface area contributed by atoms with Crippen molar-refractivity contribution in [2.75, 3.05) is 11.9 Å². The molecule has 0 aliphatic rings. The number of aliphatic hydroxyl groups is 1. The smallest absolute Gasteiger partial charge is 0.185 e. The van der Waals surface area contributed by atoms with E-state index in [0.29, 0.717) is 0 Å². The van der Waals surface area contributed by atoms with Gasteiger partial charge in [0.1, 0.15) is 0 Å². The third kappa shape index (κ3) is 3.52. The molecular weight excluding hydrogens is 258 g/mol. The van der Waals surface area contributed by atoms with Gasteiger partial charge in [0.05, 0.1) is 17.2 Å². The van der Waals surface area contributed by atoms with Crippen molar-refractivity contribution >= 4 is 16.5 Å². The number of anilines is 1. The van der Waals surface area contributed by atoms with E-state index in [9.17, 15) is 5.11 Å². The average molecular weight is 277 g/mol. The molecule has 0 bridgehead atoms. The Morgan fingerprint density at radius 2 is 2.26 bits per heavy atom. The largest absolute Gasteiger partial charge is 0.391 e. The van der Waals surface area contributed by atoms with Gasteiger partial charge >= 0.3 is 0 Å². The first kappa shape index (κ1) is 14.0. The van der Waals surface area contributed by atoms with Crippen molar-refractivity contribution in [3.8, 4) is 0 Å². The summed E-state index contributed by atoms with van der Waals surface area (Å²) < 4.78 is 0. The number of thiazole rings is 1. The molecule has 0 spiro atoms. The molecule has 0 aliphatic heterocycles. The molecular formula is C14H19N3OS. The van der Waals surface area contributed by atoms with Gasteiger partial charge < -0.3 is 10.0 Å². The lowest BCUT2D eigenvalue weighted by Crippen LogP contribution is -2.16. The van der Waals surface area contributed by atoms with Gasteiger partial charge in [-0.25, -0.2) is 4.98 Å². The van der Waals surface area contributed by atoms with E-state index in [-0.39, 0.29) is 6.61 Å². The molecule has 0 saturated heterocycles. The maximum absolute atomic E-state index is 9.37. The summed E-state index contributed by atoms with van der Waals surface area (Å²) in [6.45, 7) is 2.98. The molecule has 0 saturated carbocycles. The Kier molecular flexibility index (Phi) is 4.87. The summed E-state index contributed by atoms with van der Waals surface area (Å²) in [5.74, 6) is 0. The van der Waals surface area contributed by atoms with Gasteiger partial charge in [-0.3, -0.25) is 4.98 Å². The summed E-state index contributed by atoms with van der Waals surface area (Å²) in [5, 5.41) is 10.3. The van der Waals surface area contributed by atoms with E-state index in [1.807, 2.05) is 19.3 Å². The van der Waals surface area contributed by atoms with E-state index >= 15 is 0 Å². The van der Waals surface area contributed by atoms with Crippen molar-refractivity contribution in [3.63, 3.8) is 0 Å². The fourth-order valence-corrected chi connectivity index (χ4v) is 2.85. The molecule has 0 aromatic carbocycles. The summed E-state index contributed by atoms with van der Waals surface area (Å²) >= 11 is 1.57. The van der Waals surface area contributed by atoms with Gasteiger partial charge in [-0.1, -0.05) is 30.7 Å². The topological polar surface area (TPSA) is 49.2 Å². The Morgan fingerprint density at radius 3 is 2.89 bits per heavy atom. The summed E-state index contributed by atoms with van der Waals surface area (Å²) in [4.78, 5) is 11.8. The molecule has 0 unspecified atom stereocenters. The van der Waals surface area contributed by atoms with Gasteiger partial charge in [-0.15, -0.1) is 0 Å².